The third-order valence-electron chi connectivity index (χ3n) is 3.03. The third kappa shape index (κ3) is 4.81. The summed E-state index contributed by atoms with van der Waals surface area (Å²) in [6.45, 7) is 9.10. The predicted molar refractivity (Wildman–Crippen MR) is 89.6 cm³/mol. The molecule has 0 radical (unpaired) electrons. The van der Waals surface area contributed by atoms with Gasteiger partial charge in [0.05, 0.1) is 15.1 Å². The first-order chi connectivity index (χ1) is 9.33. The maximum absolute atomic E-state index is 6.18. The van der Waals surface area contributed by atoms with Gasteiger partial charge in [-0.05, 0) is 24.1 Å². The van der Waals surface area contributed by atoms with Crippen LogP contribution < -0.4 is 4.43 Å². The lowest BCUT2D eigenvalue weighted by Crippen LogP contribution is -2.45. The highest BCUT2D eigenvalue weighted by Crippen LogP contribution is 2.36. The van der Waals surface area contributed by atoms with E-state index in [1.807, 2.05) is 0 Å². The van der Waals surface area contributed by atoms with Gasteiger partial charge < -0.3 is 8.85 Å². The van der Waals surface area contributed by atoms with Gasteiger partial charge in [-0.15, -0.1) is 0 Å². The molecule has 1 aromatic rings. The average molecular weight is 356 g/mol. The van der Waals surface area contributed by atoms with E-state index in [0.717, 1.165) is 12.1 Å². The van der Waals surface area contributed by atoms with Crippen molar-refractivity contribution in [3.8, 4) is 5.75 Å². The van der Waals surface area contributed by atoms with Crippen molar-refractivity contribution >= 4 is 43.4 Å². The Labute approximate surface area is 137 Å². The van der Waals surface area contributed by atoms with Crippen LogP contribution >= 0.6 is 34.8 Å². The summed E-state index contributed by atoms with van der Waals surface area (Å²) in [5.74, 6) is 1.02. The van der Waals surface area contributed by atoms with E-state index >= 15 is 0 Å². The zero-order valence-electron chi connectivity index (χ0n) is 12.3. The minimum Gasteiger partial charge on any atom is -0.519 e. The van der Waals surface area contributed by atoms with Crippen LogP contribution in [-0.2, 0) is 4.43 Å². The Morgan fingerprint density at radius 3 is 2.05 bits per heavy atom. The molecule has 0 unspecified atom stereocenters. The SMILES string of the molecule is CC[Si](CC)(OCC(C)C)Oc1cc(Cl)c(Cl)cc1Cl. The number of hydrogen-bond donors (Lipinski definition) is 0. The molecule has 0 aliphatic carbocycles. The Morgan fingerprint density at radius 2 is 1.55 bits per heavy atom. The molecule has 6 heteroatoms. The van der Waals surface area contributed by atoms with E-state index in [1.54, 1.807) is 12.1 Å². The van der Waals surface area contributed by atoms with Gasteiger partial charge in [0, 0.05) is 12.7 Å². The van der Waals surface area contributed by atoms with Crippen LogP contribution in [0.5, 0.6) is 5.75 Å². The Morgan fingerprint density at radius 1 is 1.00 bits per heavy atom. The van der Waals surface area contributed by atoms with Crippen LogP contribution in [0.25, 0.3) is 0 Å². The number of hydrogen-bond acceptors (Lipinski definition) is 2. The second-order valence-electron chi connectivity index (χ2n) is 5.12. The Bertz CT molecular complexity index is 448. The lowest BCUT2D eigenvalue weighted by atomic mass is 10.2. The molecule has 0 atom stereocenters. The van der Waals surface area contributed by atoms with E-state index in [0.29, 0.717) is 33.3 Å². The summed E-state index contributed by atoms with van der Waals surface area (Å²) in [6, 6.07) is 4.98. The highest BCUT2D eigenvalue weighted by Gasteiger charge is 2.36. The van der Waals surface area contributed by atoms with E-state index in [4.69, 9.17) is 43.7 Å². The molecule has 0 aromatic heterocycles. The summed E-state index contributed by atoms with van der Waals surface area (Å²) in [7, 11) is -2.30. The van der Waals surface area contributed by atoms with Gasteiger partial charge in [-0.3, -0.25) is 0 Å². The van der Waals surface area contributed by atoms with Gasteiger partial charge in [0.15, 0.2) is 0 Å². The van der Waals surface area contributed by atoms with Gasteiger partial charge in [0.1, 0.15) is 5.75 Å². The molecular formula is C14H21Cl3O2Si. The van der Waals surface area contributed by atoms with Crippen molar-refractivity contribution in [3.05, 3.63) is 27.2 Å². The van der Waals surface area contributed by atoms with Gasteiger partial charge in [-0.2, -0.15) is 0 Å². The van der Waals surface area contributed by atoms with Crippen molar-refractivity contribution < 1.29 is 8.85 Å². The predicted octanol–water partition coefficient (Wildman–Crippen LogP) is 6.18. The van der Waals surface area contributed by atoms with E-state index < -0.39 is 8.56 Å². The second-order valence-corrected chi connectivity index (χ2v) is 10.1. The molecule has 1 aromatic carbocycles. The van der Waals surface area contributed by atoms with Crippen LogP contribution in [0.1, 0.15) is 27.7 Å². The first-order valence-electron chi connectivity index (χ1n) is 6.81. The number of benzene rings is 1. The molecule has 0 bridgehead atoms. The first kappa shape index (κ1) is 18.1. The maximum atomic E-state index is 6.18. The van der Waals surface area contributed by atoms with Crippen LogP contribution in [0, 0.1) is 5.92 Å². The number of halogens is 3. The molecule has 20 heavy (non-hydrogen) atoms. The molecule has 0 saturated heterocycles. The van der Waals surface area contributed by atoms with Crippen molar-refractivity contribution in [1.29, 1.82) is 0 Å². The quantitative estimate of drug-likeness (QED) is 0.429. The van der Waals surface area contributed by atoms with Crippen molar-refractivity contribution in [1.82, 2.24) is 0 Å². The minimum absolute atomic E-state index is 0.423. The fourth-order valence-corrected chi connectivity index (χ4v) is 4.83. The summed E-state index contributed by atoms with van der Waals surface area (Å²) in [4.78, 5) is 0. The summed E-state index contributed by atoms with van der Waals surface area (Å²) < 4.78 is 12.3. The van der Waals surface area contributed by atoms with Crippen LogP contribution in [0.3, 0.4) is 0 Å². The van der Waals surface area contributed by atoms with Crippen molar-refractivity contribution in [2.45, 2.75) is 39.8 Å². The Balaban J connectivity index is 2.98. The van der Waals surface area contributed by atoms with E-state index in [2.05, 4.69) is 27.7 Å². The molecule has 0 heterocycles. The average Bonchev–Trinajstić information content (AvgIpc) is 2.40. The zero-order valence-corrected chi connectivity index (χ0v) is 15.6. The normalized spacial score (nSPS) is 12.0. The molecule has 0 aliphatic heterocycles. The second kappa shape index (κ2) is 7.90. The van der Waals surface area contributed by atoms with E-state index in [9.17, 15) is 0 Å². The largest absolute Gasteiger partial charge is 0.519 e. The lowest BCUT2D eigenvalue weighted by molar-refractivity contribution is 0.207. The van der Waals surface area contributed by atoms with E-state index in [1.165, 1.54) is 0 Å². The smallest absolute Gasteiger partial charge is 0.398 e. The standard InChI is InChI=1S/C14H21Cl3O2Si/c1-5-20(6-2,18-9-10(3)4)19-14-8-12(16)11(15)7-13(14)17/h7-8,10H,5-6,9H2,1-4H3. The van der Waals surface area contributed by atoms with Gasteiger partial charge in [0.2, 0.25) is 0 Å². The van der Waals surface area contributed by atoms with Crippen molar-refractivity contribution in [2.24, 2.45) is 5.92 Å². The highest BCUT2D eigenvalue weighted by atomic mass is 35.5. The fraction of sp³-hybridized carbons (Fsp3) is 0.571. The zero-order chi connectivity index (χ0) is 15.3. The third-order valence-corrected chi connectivity index (χ3v) is 7.48. The Kier molecular flexibility index (Phi) is 7.16. The minimum atomic E-state index is -2.30. The fourth-order valence-electron chi connectivity index (χ4n) is 1.73. The molecule has 0 fully saturated rings. The van der Waals surface area contributed by atoms with Crippen LogP contribution in [0.2, 0.25) is 27.2 Å². The maximum Gasteiger partial charge on any atom is 0.398 e. The molecule has 0 N–H and O–H groups in total. The summed E-state index contributed by atoms with van der Waals surface area (Å²) in [5, 5.41) is 1.32. The Hall–Kier alpha value is 0.0669. The van der Waals surface area contributed by atoms with Gasteiger partial charge in [-0.25, -0.2) is 0 Å². The van der Waals surface area contributed by atoms with E-state index in [-0.39, 0.29) is 0 Å². The monoisotopic (exact) mass is 354 g/mol. The molecule has 2 nitrogen and oxygen atoms in total. The summed E-state index contributed by atoms with van der Waals surface area (Å²) in [6.07, 6.45) is 0. The molecule has 0 aliphatic rings. The molecule has 1 rings (SSSR count). The van der Waals surface area contributed by atoms with Crippen LogP contribution in [-0.4, -0.2) is 15.2 Å². The van der Waals surface area contributed by atoms with Crippen LogP contribution in [0.15, 0.2) is 12.1 Å². The highest BCUT2D eigenvalue weighted by molar-refractivity contribution is 6.68. The van der Waals surface area contributed by atoms with Crippen molar-refractivity contribution in [2.75, 3.05) is 6.61 Å². The molecular weight excluding hydrogens is 335 g/mol. The summed E-state index contributed by atoms with van der Waals surface area (Å²) in [5.41, 5.74) is 0. The van der Waals surface area contributed by atoms with Gasteiger partial charge in [0.25, 0.3) is 0 Å². The van der Waals surface area contributed by atoms with Gasteiger partial charge in [-0.1, -0.05) is 62.5 Å². The molecule has 0 saturated carbocycles. The molecule has 114 valence electrons. The summed E-state index contributed by atoms with van der Waals surface area (Å²) >= 11 is 18.2. The topological polar surface area (TPSA) is 18.5 Å². The first-order valence-corrected chi connectivity index (χ1v) is 10.2. The number of rotatable bonds is 7. The van der Waals surface area contributed by atoms with Crippen molar-refractivity contribution in [3.63, 3.8) is 0 Å². The molecule has 0 spiro atoms. The molecule has 0 amide bonds. The van der Waals surface area contributed by atoms with Gasteiger partial charge >= 0.3 is 8.56 Å². The van der Waals surface area contributed by atoms with Crippen LogP contribution in [0.4, 0.5) is 0 Å². The lowest BCUT2D eigenvalue weighted by Gasteiger charge is -2.30.